The van der Waals surface area contributed by atoms with Crippen LogP contribution in [0.5, 0.6) is 0 Å². The minimum Gasteiger partial charge on any atom is -0.450 e. The lowest BCUT2D eigenvalue weighted by Gasteiger charge is -2.38. The van der Waals surface area contributed by atoms with E-state index >= 15 is 0 Å². The topological polar surface area (TPSA) is 96.0 Å². The number of benzene rings is 1. The van der Waals surface area contributed by atoms with Crippen molar-refractivity contribution in [2.24, 2.45) is 5.41 Å². The Balaban J connectivity index is 1.40. The van der Waals surface area contributed by atoms with Crippen molar-refractivity contribution in [3.8, 4) is 0 Å². The quantitative estimate of drug-likeness (QED) is 0.624. The van der Waals surface area contributed by atoms with Crippen LogP contribution in [0.25, 0.3) is 0 Å². The molecule has 2 aromatic rings. The van der Waals surface area contributed by atoms with E-state index in [4.69, 9.17) is 4.74 Å². The second-order valence-corrected chi connectivity index (χ2v) is 12.1. The summed E-state index contributed by atoms with van der Waals surface area (Å²) in [5, 5.41) is 4.51. The van der Waals surface area contributed by atoms with Crippen LogP contribution in [0.15, 0.2) is 52.1 Å². The molecule has 0 saturated carbocycles. The van der Waals surface area contributed by atoms with Crippen molar-refractivity contribution in [1.29, 1.82) is 0 Å². The molecule has 1 N–H and O–H groups in total. The minimum atomic E-state index is -3.45. The number of nitrogens with one attached hydrogen (secondary N) is 1. The Kier molecular flexibility index (Phi) is 7.59. The Bertz CT molecular complexity index is 1080. The summed E-state index contributed by atoms with van der Waals surface area (Å²) in [7, 11) is -3.45. The normalized spacial score (nSPS) is 19.1. The molecule has 2 amide bonds. The summed E-state index contributed by atoms with van der Waals surface area (Å²) in [5.41, 5.74) is 0.872. The molecule has 8 nitrogen and oxygen atoms in total. The zero-order valence-electron chi connectivity index (χ0n) is 19.3. The lowest BCUT2D eigenvalue weighted by molar-refractivity contribution is -0.132. The molecule has 0 radical (unpaired) electrons. The average Bonchev–Trinajstić information content (AvgIpc) is 3.51. The molecule has 2 fully saturated rings. The predicted molar refractivity (Wildman–Crippen MR) is 130 cm³/mol. The number of carbonyl (C=O) groups is 2. The van der Waals surface area contributed by atoms with Crippen molar-refractivity contribution < 1.29 is 22.7 Å². The van der Waals surface area contributed by atoms with Gasteiger partial charge in [0.2, 0.25) is 5.91 Å². The highest BCUT2D eigenvalue weighted by Gasteiger charge is 2.45. The zero-order valence-corrected chi connectivity index (χ0v) is 20.9. The van der Waals surface area contributed by atoms with Gasteiger partial charge >= 0.3 is 6.09 Å². The first-order chi connectivity index (χ1) is 16.3. The summed E-state index contributed by atoms with van der Waals surface area (Å²) < 4.78 is 32.7. The highest BCUT2D eigenvalue weighted by Crippen LogP contribution is 2.42. The predicted octanol–water partition coefficient (Wildman–Crippen LogP) is 3.11. The number of nitrogens with zero attached hydrogens (tertiary/aromatic N) is 2. The molecule has 2 saturated heterocycles. The first-order valence-electron chi connectivity index (χ1n) is 11.6. The average molecular weight is 506 g/mol. The van der Waals surface area contributed by atoms with E-state index in [1.165, 1.54) is 11.3 Å². The minimum absolute atomic E-state index is 0.0850. The number of carbonyl (C=O) groups excluding carboxylic acids is 2. The molecule has 1 spiro atoms. The Labute approximate surface area is 204 Å². The third-order valence-corrected chi connectivity index (χ3v) is 10.0. The van der Waals surface area contributed by atoms with Crippen LogP contribution in [0.1, 0.15) is 31.7 Å². The number of hydrogen-bond donors (Lipinski definition) is 1. The lowest BCUT2D eigenvalue weighted by atomic mass is 9.78. The number of alkyl carbamates (subject to hydrolysis) is 1. The number of rotatable bonds is 7. The summed E-state index contributed by atoms with van der Waals surface area (Å²) in [5.74, 6) is -0.123. The van der Waals surface area contributed by atoms with Crippen LogP contribution in [-0.2, 0) is 26.0 Å². The van der Waals surface area contributed by atoms with Gasteiger partial charge in [-0.25, -0.2) is 13.2 Å². The summed E-state index contributed by atoms with van der Waals surface area (Å²) in [6.45, 7) is 4.05. The van der Waals surface area contributed by atoms with Gasteiger partial charge in [-0.15, -0.1) is 11.3 Å². The number of ether oxygens (including phenoxy) is 1. The van der Waals surface area contributed by atoms with Crippen molar-refractivity contribution >= 4 is 33.4 Å². The highest BCUT2D eigenvalue weighted by atomic mass is 32.2. The van der Waals surface area contributed by atoms with Crippen LogP contribution in [0.3, 0.4) is 0 Å². The SMILES string of the molecule is CCOC(=O)N[C@@H](Cc1ccccc1)C(=O)N1CCC2(CCN(S(=O)(=O)c3cccs3)CC2)C1. The van der Waals surface area contributed by atoms with Gasteiger partial charge < -0.3 is 15.0 Å². The molecule has 1 aromatic heterocycles. The highest BCUT2D eigenvalue weighted by molar-refractivity contribution is 7.91. The van der Waals surface area contributed by atoms with Crippen LogP contribution in [0, 0.1) is 5.41 Å². The molecule has 34 heavy (non-hydrogen) atoms. The number of hydrogen-bond acceptors (Lipinski definition) is 6. The molecule has 2 aliphatic heterocycles. The number of piperidine rings is 1. The maximum atomic E-state index is 13.4. The molecule has 3 heterocycles. The first kappa shape index (κ1) is 24.7. The van der Waals surface area contributed by atoms with Crippen molar-refractivity contribution in [2.45, 2.75) is 42.9 Å². The van der Waals surface area contributed by atoms with Crippen molar-refractivity contribution in [3.63, 3.8) is 0 Å². The van der Waals surface area contributed by atoms with E-state index in [-0.39, 0.29) is 17.9 Å². The summed E-state index contributed by atoms with van der Waals surface area (Å²) >= 11 is 1.24. The maximum Gasteiger partial charge on any atom is 0.407 e. The van der Waals surface area contributed by atoms with Crippen LogP contribution in [0.4, 0.5) is 4.79 Å². The number of likely N-dealkylation sites (tertiary alicyclic amines) is 1. The van der Waals surface area contributed by atoms with Gasteiger partial charge in [-0.05, 0) is 48.6 Å². The van der Waals surface area contributed by atoms with Gasteiger partial charge in [-0.1, -0.05) is 36.4 Å². The van der Waals surface area contributed by atoms with Gasteiger partial charge in [0.25, 0.3) is 10.0 Å². The third-order valence-electron chi connectivity index (χ3n) is 6.77. The Hall–Kier alpha value is -2.43. The summed E-state index contributed by atoms with van der Waals surface area (Å²) in [4.78, 5) is 27.4. The van der Waals surface area contributed by atoms with Crippen LogP contribution in [-0.4, -0.2) is 68.5 Å². The van der Waals surface area contributed by atoms with Crippen molar-refractivity contribution in [3.05, 3.63) is 53.4 Å². The molecule has 0 unspecified atom stereocenters. The van der Waals surface area contributed by atoms with Gasteiger partial charge in [0, 0.05) is 32.6 Å². The third kappa shape index (κ3) is 5.45. The Morgan fingerprint density at radius 1 is 1.09 bits per heavy atom. The number of thiophene rings is 1. The fourth-order valence-electron chi connectivity index (χ4n) is 4.86. The second kappa shape index (κ2) is 10.5. The van der Waals surface area contributed by atoms with E-state index < -0.39 is 22.2 Å². The molecule has 184 valence electrons. The molecule has 1 atom stereocenters. The molecule has 4 rings (SSSR count). The van der Waals surface area contributed by atoms with Gasteiger partial charge in [0.05, 0.1) is 6.61 Å². The van der Waals surface area contributed by atoms with Crippen molar-refractivity contribution in [1.82, 2.24) is 14.5 Å². The summed E-state index contributed by atoms with van der Waals surface area (Å²) in [6.07, 6.45) is 2.06. The van der Waals surface area contributed by atoms with Gasteiger partial charge in [0.15, 0.2) is 0 Å². The Morgan fingerprint density at radius 2 is 1.79 bits per heavy atom. The van der Waals surface area contributed by atoms with E-state index in [9.17, 15) is 18.0 Å². The second-order valence-electron chi connectivity index (χ2n) is 8.95. The van der Waals surface area contributed by atoms with Gasteiger partial charge in [-0.2, -0.15) is 4.31 Å². The summed E-state index contributed by atoms with van der Waals surface area (Å²) in [6, 6.07) is 12.3. The van der Waals surface area contributed by atoms with E-state index in [0.717, 1.165) is 24.8 Å². The molecule has 1 aromatic carbocycles. The lowest BCUT2D eigenvalue weighted by Crippen LogP contribution is -2.50. The largest absolute Gasteiger partial charge is 0.450 e. The first-order valence-corrected chi connectivity index (χ1v) is 13.9. The molecule has 2 aliphatic rings. The van der Waals surface area contributed by atoms with E-state index in [2.05, 4.69) is 5.32 Å². The van der Waals surface area contributed by atoms with Gasteiger partial charge in [0.1, 0.15) is 10.3 Å². The van der Waals surface area contributed by atoms with E-state index in [0.29, 0.717) is 36.8 Å². The van der Waals surface area contributed by atoms with Crippen LogP contribution in [0.2, 0.25) is 0 Å². The van der Waals surface area contributed by atoms with E-state index in [1.807, 2.05) is 35.2 Å². The number of amides is 2. The maximum absolute atomic E-state index is 13.4. The molecular weight excluding hydrogens is 474 g/mol. The smallest absolute Gasteiger partial charge is 0.407 e. The van der Waals surface area contributed by atoms with Crippen LogP contribution >= 0.6 is 11.3 Å². The Morgan fingerprint density at radius 3 is 2.44 bits per heavy atom. The fraction of sp³-hybridized carbons (Fsp3) is 0.500. The molecular formula is C24H31N3O5S2. The standard InChI is InChI=1S/C24H31N3O5S2/c1-2-32-23(29)25-20(17-19-7-4-3-5-8-19)22(28)26-13-10-24(18-26)11-14-27(15-12-24)34(30,31)21-9-6-16-33-21/h3-9,16,20H,2,10-15,17-18H2,1H3,(H,25,29)/t20-/m0/s1. The zero-order chi connectivity index (χ0) is 24.2. The molecule has 0 aliphatic carbocycles. The van der Waals surface area contributed by atoms with E-state index in [1.54, 1.807) is 28.7 Å². The monoisotopic (exact) mass is 505 g/mol. The molecule has 0 bridgehead atoms. The van der Waals surface area contributed by atoms with Crippen LogP contribution < -0.4 is 5.32 Å². The number of sulfonamides is 1. The van der Waals surface area contributed by atoms with Crippen molar-refractivity contribution in [2.75, 3.05) is 32.8 Å². The molecule has 10 heteroatoms. The fourth-order valence-corrected chi connectivity index (χ4v) is 7.44. The van der Waals surface area contributed by atoms with Gasteiger partial charge in [-0.3, -0.25) is 4.79 Å².